The lowest BCUT2D eigenvalue weighted by molar-refractivity contribution is -0.121. The Morgan fingerprint density at radius 1 is 1.13 bits per heavy atom. The summed E-state index contributed by atoms with van der Waals surface area (Å²) in [4.78, 5) is 24.2. The molecule has 0 bridgehead atoms. The molecule has 0 heterocycles. The van der Waals surface area contributed by atoms with Crippen LogP contribution in [0.2, 0.25) is 0 Å². The van der Waals surface area contributed by atoms with Gasteiger partial charge in [-0.25, -0.2) is 0 Å². The molecule has 0 aliphatic heterocycles. The molecule has 3 N–H and O–H groups in total. The van der Waals surface area contributed by atoms with Gasteiger partial charge in [-0.1, -0.05) is 30.0 Å². The van der Waals surface area contributed by atoms with Crippen molar-refractivity contribution in [1.29, 1.82) is 0 Å². The monoisotopic (exact) mass is 318 g/mol. The maximum Gasteiger partial charge on any atom is 0.251 e. The zero-order chi connectivity index (χ0) is 16.8. The first kappa shape index (κ1) is 17.5. The Bertz CT molecular complexity index is 551. The van der Waals surface area contributed by atoms with Gasteiger partial charge < -0.3 is 15.7 Å². The predicted octanol–water partition coefficient (Wildman–Crippen LogP) is 1.70. The second kappa shape index (κ2) is 8.11. The minimum absolute atomic E-state index is 0.0133. The van der Waals surface area contributed by atoms with Gasteiger partial charge in [0, 0.05) is 24.1 Å². The normalized spacial score (nSPS) is 20.8. The van der Waals surface area contributed by atoms with E-state index in [1.165, 1.54) is 0 Å². The van der Waals surface area contributed by atoms with E-state index >= 15 is 0 Å². The predicted molar refractivity (Wildman–Crippen MR) is 89.2 cm³/mol. The van der Waals surface area contributed by atoms with E-state index in [2.05, 4.69) is 10.6 Å². The Hall–Kier alpha value is -1.88. The third kappa shape index (κ3) is 5.06. The van der Waals surface area contributed by atoms with Crippen LogP contribution in [-0.2, 0) is 4.79 Å². The molecular weight excluding hydrogens is 292 g/mol. The molecule has 1 aromatic carbocycles. The van der Waals surface area contributed by atoms with Crippen molar-refractivity contribution in [3.8, 4) is 0 Å². The van der Waals surface area contributed by atoms with Crippen LogP contribution in [-0.4, -0.2) is 36.1 Å². The van der Waals surface area contributed by atoms with Crippen LogP contribution in [0.1, 0.15) is 47.2 Å². The van der Waals surface area contributed by atoms with Gasteiger partial charge >= 0.3 is 0 Å². The zero-order valence-electron chi connectivity index (χ0n) is 13.9. The number of nitrogens with one attached hydrogen (secondary N) is 2. The van der Waals surface area contributed by atoms with Gasteiger partial charge in [-0.3, -0.25) is 9.59 Å². The summed E-state index contributed by atoms with van der Waals surface area (Å²) in [5.74, 6) is -0.315. The number of amides is 2. The minimum atomic E-state index is -0.241. The van der Waals surface area contributed by atoms with Crippen molar-refractivity contribution < 1.29 is 14.7 Å². The first-order valence-electron chi connectivity index (χ1n) is 8.26. The highest BCUT2D eigenvalue weighted by molar-refractivity contribution is 5.96. The van der Waals surface area contributed by atoms with Crippen LogP contribution in [0.3, 0.4) is 0 Å². The molecule has 0 aromatic heterocycles. The SMILES string of the molecule is Cc1cc(C)cc(C(=O)NCC(=O)NC2CCCCC2CO)c1. The molecule has 1 fully saturated rings. The smallest absolute Gasteiger partial charge is 0.251 e. The molecule has 0 saturated heterocycles. The first-order valence-corrected chi connectivity index (χ1v) is 8.26. The maximum absolute atomic E-state index is 12.1. The van der Waals surface area contributed by atoms with Gasteiger partial charge in [0.05, 0.1) is 6.54 Å². The molecule has 5 heteroatoms. The molecule has 5 nitrogen and oxygen atoms in total. The molecule has 2 unspecified atom stereocenters. The van der Waals surface area contributed by atoms with Crippen molar-refractivity contribution >= 4 is 11.8 Å². The number of aliphatic hydroxyl groups is 1. The molecule has 2 rings (SSSR count). The first-order chi connectivity index (χ1) is 11.0. The van der Waals surface area contributed by atoms with Crippen LogP contribution < -0.4 is 10.6 Å². The molecule has 2 atom stereocenters. The molecule has 23 heavy (non-hydrogen) atoms. The van der Waals surface area contributed by atoms with E-state index < -0.39 is 0 Å². The van der Waals surface area contributed by atoms with E-state index in [1.54, 1.807) is 0 Å². The molecule has 126 valence electrons. The van der Waals surface area contributed by atoms with Crippen LogP contribution in [0.4, 0.5) is 0 Å². The zero-order valence-corrected chi connectivity index (χ0v) is 13.9. The number of aryl methyl sites for hydroxylation is 2. The second-order valence-corrected chi connectivity index (χ2v) is 6.46. The summed E-state index contributed by atoms with van der Waals surface area (Å²) < 4.78 is 0. The van der Waals surface area contributed by atoms with E-state index in [0.717, 1.165) is 36.8 Å². The molecule has 1 aromatic rings. The maximum atomic E-state index is 12.1. The number of benzene rings is 1. The summed E-state index contributed by atoms with van der Waals surface area (Å²) in [6.45, 7) is 3.93. The fourth-order valence-corrected chi connectivity index (χ4v) is 3.24. The van der Waals surface area contributed by atoms with Gasteiger partial charge in [-0.15, -0.1) is 0 Å². The van der Waals surface area contributed by atoms with Gasteiger partial charge in [-0.05, 0) is 38.8 Å². The highest BCUT2D eigenvalue weighted by Gasteiger charge is 2.25. The van der Waals surface area contributed by atoms with E-state index in [1.807, 2.05) is 32.0 Å². The van der Waals surface area contributed by atoms with Gasteiger partial charge in [0.1, 0.15) is 0 Å². The summed E-state index contributed by atoms with van der Waals surface area (Å²) in [6, 6.07) is 5.63. The van der Waals surface area contributed by atoms with Gasteiger partial charge in [-0.2, -0.15) is 0 Å². The van der Waals surface area contributed by atoms with Crippen molar-refractivity contribution in [2.75, 3.05) is 13.2 Å². The summed E-state index contributed by atoms with van der Waals surface area (Å²) >= 11 is 0. The Morgan fingerprint density at radius 2 is 1.78 bits per heavy atom. The lowest BCUT2D eigenvalue weighted by Crippen LogP contribution is -2.47. The van der Waals surface area contributed by atoms with Crippen LogP contribution in [0.25, 0.3) is 0 Å². The number of aliphatic hydroxyl groups excluding tert-OH is 1. The van der Waals surface area contributed by atoms with Crippen molar-refractivity contribution in [1.82, 2.24) is 10.6 Å². The molecule has 1 aliphatic carbocycles. The lowest BCUT2D eigenvalue weighted by atomic mass is 9.85. The van der Waals surface area contributed by atoms with E-state index in [-0.39, 0.29) is 36.9 Å². The van der Waals surface area contributed by atoms with Crippen LogP contribution in [0, 0.1) is 19.8 Å². The van der Waals surface area contributed by atoms with Gasteiger partial charge in [0.25, 0.3) is 5.91 Å². The summed E-state index contributed by atoms with van der Waals surface area (Å²) in [6.07, 6.45) is 4.00. The molecule has 2 amide bonds. The molecular formula is C18H26N2O3. The quantitative estimate of drug-likeness (QED) is 0.773. The fraction of sp³-hybridized carbons (Fsp3) is 0.556. The van der Waals surface area contributed by atoms with Crippen molar-refractivity contribution in [2.45, 2.75) is 45.6 Å². The van der Waals surface area contributed by atoms with Gasteiger partial charge in [0.2, 0.25) is 5.91 Å². The number of carbonyl (C=O) groups excluding carboxylic acids is 2. The largest absolute Gasteiger partial charge is 0.396 e. The summed E-state index contributed by atoms with van der Waals surface area (Å²) in [7, 11) is 0. The van der Waals surface area contributed by atoms with Crippen molar-refractivity contribution in [3.63, 3.8) is 0 Å². The number of rotatable bonds is 5. The Morgan fingerprint density at radius 3 is 2.43 bits per heavy atom. The Labute approximate surface area is 137 Å². The third-order valence-corrected chi connectivity index (χ3v) is 4.38. The molecule has 0 radical (unpaired) electrons. The van der Waals surface area contributed by atoms with Crippen LogP contribution in [0.15, 0.2) is 18.2 Å². The minimum Gasteiger partial charge on any atom is -0.396 e. The fourth-order valence-electron chi connectivity index (χ4n) is 3.24. The molecule has 0 spiro atoms. The van der Waals surface area contributed by atoms with Crippen LogP contribution in [0.5, 0.6) is 0 Å². The lowest BCUT2D eigenvalue weighted by Gasteiger charge is -2.30. The third-order valence-electron chi connectivity index (χ3n) is 4.38. The van der Waals surface area contributed by atoms with E-state index in [9.17, 15) is 14.7 Å². The standard InChI is InChI=1S/C18H26N2O3/c1-12-7-13(2)9-15(8-12)18(23)19-10-17(22)20-16-6-4-3-5-14(16)11-21/h7-9,14,16,21H,3-6,10-11H2,1-2H3,(H,19,23)(H,20,22). The Kier molecular flexibility index (Phi) is 6.16. The topological polar surface area (TPSA) is 78.4 Å². The molecule has 1 saturated carbocycles. The van der Waals surface area contributed by atoms with E-state index in [4.69, 9.17) is 0 Å². The molecule has 1 aliphatic rings. The van der Waals surface area contributed by atoms with Crippen LogP contribution >= 0.6 is 0 Å². The number of carbonyl (C=O) groups is 2. The van der Waals surface area contributed by atoms with Crippen molar-refractivity contribution in [3.05, 3.63) is 34.9 Å². The summed E-state index contributed by atoms with van der Waals surface area (Å²) in [5, 5.41) is 15.0. The van der Waals surface area contributed by atoms with Gasteiger partial charge in [0.15, 0.2) is 0 Å². The average Bonchev–Trinajstić information content (AvgIpc) is 2.52. The average molecular weight is 318 g/mol. The highest BCUT2D eigenvalue weighted by Crippen LogP contribution is 2.23. The van der Waals surface area contributed by atoms with E-state index in [0.29, 0.717) is 5.56 Å². The number of hydrogen-bond donors (Lipinski definition) is 3. The Balaban J connectivity index is 1.84. The van der Waals surface area contributed by atoms with Crippen molar-refractivity contribution in [2.24, 2.45) is 5.92 Å². The number of hydrogen-bond acceptors (Lipinski definition) is 3. The second-order valence-electron chi connectivity index (χ2n) is 6.46. The summed E-state index contributed by atoms with van der Waals surface area (Å²) in [5.41, 5.74) is 2.61. The highest BCUT2D eigenvalue weighted by atomic mass is 16.3.